The summed E-state index contributed by atoms with van der Waals surface area (Å²) in [5, 5.41) is 3.19. The molecule has 0 aliphatic carbocycles. The number of halogens is 2. The van der Waals surface area contributed by atoms with Gasteiger partial charge in [-0.05, 0) is 6.07 Å². The molecule has 6 heteroatoms. The molecule has 0 spiro atoms. The zero-order valence-electron chi connectivity index (χ0n) is 8.91. The molecule has 1 aromatic carbocycles. The zero-order valence-corrected chi connectivity index (χ0v) is 8.91. The molecular formula is C11H11F2NO3. The van der Waals surface area contributed by atoms with Crippen molar-refractivity contribution >= 4 is 0 Å². The number of hydrogen-bond donors (Lipinski definition) is 1. The van der Waals surface area contributed by atoms with Gasteiger partial charge in [-0.15, -0.1) is 8.78 Å². The number of rotatable bonds is 1. The van der Waals surface area contributed by atoms with Crippen LogP contribution in [0.3, 0.4) is 0 Å². The van der Waals surface area contributed by atoms with E-state index in [1.54, 1.807) is 12.1 Å². The lowest BCUT2D eigenvalue weighted by atomic mass is 10.1. The van der Waals surface area contributed by atoms with Crippen molar-refractivity contribution in [1.82, 2.24) is 5.32 Å². The molecule has 1 aromatic rings. The Kier molecular flexibility index (Phi) is 2.41. The van der Waals surface area contributed by atoms with Crippen molar-refractivity contribution in [2.75, 3.05) is 19.8 Å². The maximum absolute atomic E-state index is 13.0. The van der Waals surface area contributed by atoms with Crippen molar-refractivity contribution in [3.05, 3.63) is 23.8 Å². The van der Waals surface area contributed by atoms with Crippen molar-refractivity contribution in [2.45, 2.75) is 12.3 Å². The van der Waals surface area contributed by atoms with E-state index in [0.29, 0.717) is 25.3 Å². The SMILES string of the molecule is FC1(F)Oc2cccc([C@H]3COCCN3)c2O1. The Balaban J connectivity index is 1.94. The molecule has 4 nitrogen and oxygen atoms in total. The van der Waals surface area contributed by atoms with E-state index in [-0.39, 0.29) is 17.5 Å². The third-order valence-electron chi connectivity index (χ3n) is 2.76. The number of ether oxygens (including phenoxy) is 3. The Labute approximate surface area is 96.5 Å². The van der Waals surface area contributed by atoms with Gasteiger partial charge in [-0.25, -0.2) is 0 Å². The molecule has 1 saturated heterocycles. The third-order valence-corrected chi connectivity index (χ3v) is 2.76. The van der Waals surface area contributed by atoms with Crippen LogP contribution in [0, 0.1) is 0 Å². The number of benzene rings is 1. The van der Waals surface area contributed by atoms with Crippen LogP contribution in [0.25, 0.3) is 0 Å². The maximum Gasteiger partial charge on any atom is 0.586 e. The molecule has 0 radical (unpaired) electrons. The summed E-state index contributed by atoms with van der Waals surface area (Å²) >= 11 is 0. The molecular weight excluding hydrogens is 232 g/mol. The Morgan fingerprint density at radius 1 is 1.29 bits per heavy atom. The van der Waals surface area contributed by atoms with Gasteiger partial charge in [0.1, 0.15) is 0 Å². The van der Waals surface area contributed by atoms with Crippen LogP contribution in [0.15, 0.2) is 18.2 Å². The Hall–Kier alpha value is -1.40. The molecule has 1 atom stereocenters. The normalized spacial score (nSPS) is 25.9. The van der Waals surface area contributed by atoms with Crippen LogP contribution in [-0.4, -0.2) is 26.1 Å². The van der Waals surface area contributed by atoms with Crippen molar-refractivity contribution in [2.24, 2.45) is 0 Å². The van der Waals surface area contributed by atoms with Gasteiger partial charge in [0.25, 0.3) is 0 Å². The maximum atomic E-state index is 13.0. The van der Waals surface area contributed by atoms with Gasteiger partial charge < -0.3 is 19.5 Å². The van der Waals surface area contributed by atoms with E-state index in [4.69, 9.17) is 4.74 Å². The van der Waals surface area contributed by atoms with Gasteiger partial charge in [0.2, 0.25) is 0 Å². The van der Waals surface area contributed by atoms with Crippen LogP contribution >= 0.6 is 0 Å². The summed E-state index contributed by atoms with van der Waals surface area (Å²) in [6.45, 7) is 1.75. The molecule has 0 saturated carbocycles. The molecule has 3 rings (SSSR count). The van der Waals surface area contributed by atoms with Crippen molar-refractivity contribution in [3.8, 4) is 11.5 Å². The highest BCUT2D eigenvalue weighted by molar-refractivity contribution is 5.50. The lowest BCUT2D eigenvalue weighted by Crippen LogP contribution is -2.34. The number of fused-ring (bicyclic) bond motifs is 1. The average Bonchev–Trinajstić information content (AvgIpc) is 2.63. The highest BCUT2D eigenvalue weighted by atomic mass is 19.3. The summed E-state index contributed by atoms with van der Waals surface area (Å²) in [6, 6.07) is 4.71. The zero-order chi connectivity index (χ0) is 11.9. The molecule has 92 valence electrons. The minimum absolute atomic E-state index is 0.0693. The van der Waals surface area contributed by atoms with Crippen molar-refractivity contribution < 1.29 is 23.0 Å². The molecule has 0 amide bonds. The predicted octanol–water partition coefficient (Wildman–Crippen LogP) is 1.67. The van der Waals surface area contributed by atoms with E-state index in [1.807, 2.05) is 0 Å². The van der Waals surface area contributed by atoms with Gasteiger partial charge in [0.15, 0.2) is 11.5 Å². The molecule has 1 N–H and O–H groups in total. The fraction of sp³-hybridized carbons (Fsp3) is 0.455. The quantitative estimate of drug-likeness (QED) is 0.814. The van der Waals surface area contributed by atoms with E-state index in [1.165, 1.54) is 6.07 Å². The molecule has 2 aliphatic heterocycles. The Morgan fingerprint density at radius 3 is 2.94 bits per heavy atom. The second-order valence-corrected chi connectivity index (χ2v) is 3.92. The first-order chi connectivity index (χ1) is 8.16. The lowest BCUT2D eigenvalue weighted by Gasteiger charge is -2.24. The third kappa shape index (κ3) is 1.94. The Bertz CT molecular complexity index is 433. The number of nitrogens with one attached hydrogen (secondary N) is 1. The summed E-state index contributed by atoms with van der Waals surface area (Å²) in [7, 11) is 0. The summed E-state index contributed by atoms with van der Waals surface area (Å²) in [5.41, 5.74) is 0.638. The number of hydrogen-bond acceptors (Lipinski definition) is 4. The van der Waals surface area contributed by atoms with Crippen molar-refractivity contribution in [1.29, 1.82) is 0 Å². The standard InChI is InChI=1S/C11H11F2NO3/c12-11(13)16-9-3-1-2-7(10(9)17-11)8-6-15-5-4-14-8/h1-3,8,14H,4-6H2/t8-/m1/s1. The molecule has 0 bridgehead atoms. The second-order valence-electron chi connectivity index (χ2n) is 3.92. The molecule has 0 unspecified atom stereocenters. The van der Waals surface area contributed by atoms with Gasteiger partial charge in [0, 0.05) is 12.1 Å². The first-order valence-electron chi connectivity index (χ1n) is 5.35. The molecule has 0 aromatic heterocycles. The fourth-order valence-electron chi connectivity index (χ4n) is 2.03. The van der Waals surface area contributed by atoms with E-state index in [9.17, 15) is 8.78 Å². The lowest BCUT2D eigenvalue weighted by molar-refractivity contribution is -0.287. The van der Waals surface area contributed by atoms with E-state index < -0.39 is 6.29 Å². The Morgan fingerprint density at radius 2 is 2.18 bits per heavy atom. The first kappa shape index (κ1) is 10.7. The van der Waals surface area contributed by atoms with Gasteiger partial charge in [-0.1, -0.05) is 12.1 Å². The summed E-state index contributed by atoms with van der Waals surface area (Å²) < 4.78 is 40.2. The highest BCUT2D eigenvalue weighted by Crippen LogP contribution is 2.45. The van der Waals surface area contributed by atoms with Crippen LogP contribution in [-0.2, 0) is 4.74 Å². The van der Waals surface area contributed by atoms with Crippen LogP contribution in [0.5, 0.6) is 11.5 Å². The van der Waals surface area contributed by atoms with Crippen LogP contribution in [0.1, 0.15) is 11.6 Å². The molecule has 17 heavy (non-hydrogen) atoms. The highest BCUT2D eigenvalue weighted by Gasteiger charge is 2.45. The number of para-hydroxylation sites is 1. The van der Waals surface area contributed by atoms with Gasteiger partial charge in [0.05, 0.1) is 19.3 Å². The summed E-state index contributed by atoms with van der Waals surface area (Å²) in [4.78, 5) is 0. The molecule has 2 heterocycles. The van der Waals surface area contributed by atoms with Crippen molar-refractivity contribution in [3.63, 3.8) is 0 Å². The van der Waals surface area contributed by atoms with Gasteiger partial charge in [-0.3, -0.25) is 0 Å². The van der Waals surface area contributed by atoms with Crippen LogP contribution < -0.4 is 14.8 Å². The van der Waals surface area contributed by atoms with E-state index in [0.717, 1.165) is 0 Å². The summed E-state index contributed by atoms with van der Waals surface area (Å²) in [5.74, 6) is 0.167. The largest absolute Gasteiger partial charge is 0.586 e. The van der Waals surface area contributed by atoms with E-state index in [2.05, 4.69) is 14.8 Å². The smallest absolute Gasteiger partial charge is 0.395 e. The van der Waals surface area contributed by atoms with E-state index >= 15 is 0 Å². The monoisotopic (exact) mass is 243 g/mol. The topological polar surface area (TPSA) is 39.7 Å². The van der Waals surface area contributed by atoms with Crippen LogP contribution in [0.4, 0.5) is 8.78 Å². The van der Waals surface area contributed by atoms with Gasteiger partial charge >= 0.3 is 6.29 Å². The molecule has 1 fully saturated rings. The predicted molar refractivity (Wildman–Crippen MR) is 54.2 cm³/mol. The molecule has 2 aliphatic rings. The fourth-order valence-corrected chi connectivity index (χ4v) is 2.03. The minimum Gasteiger partial charge on any atom is -0.395 e. The average molecular weight is 243 g/mol. The van der Waals surface area contributed by atoms with Gasteiger partial charge in [-0.2, -0.15) is 0 Å². The second kappa shape index (κ2) is 3.82. The summed E-state index contributed by atoms with van der Waals surface area (Å²) in [6.07, 6.45) is -3.58. The van der Waals surface area contributed by atoms with Crippen LogP contribution in [0.2, 0.25) is 0 Å². The first-order valence-corrected chi connectivity index (χ1v) is 5.35. The minimum atomic E-state index is -3.58. The number of morpholine rings is 1. The number of alkyl halides is 2.